The summed E-state index contributed by atoms with van der Waals surface area (Å²) in [5, 5.41) is 3.59. The van der Waals surface area contributed by atoms with Crippen LogP contribution < -0.4 is 118 Å². The Morgan fingerprint density at radius 1 is 0.439 bits per heavy atom. The minimum Gasteiger partial charge on any atom is -0.744 e. The number of rotatable bonds is 8. The smallest absolute Gasteiger partial charge is 0.744 e. The molecule has 1 aliphatic rings. The van der Waals surface area contributed by atoms with E-state index in [1.165, 1.54) is 72.8 Å². The number of hydrogen-bond acceptors (Lipinski definition) is 14. The Hall–Kier alpha value is 1.04. The summed E-state index contributed by atoms with van der Waals surface area (Å²) in [6.07, 6.45) is 0.442. The summed E-state index contributed by atoms with van der Waals surface area (Å²) < 4.78 is 157. The first-order chi connectivity index (χ1) is 24.2. The Morgan fingerprint density at radius 3 is 0.842 bits per heavy atom. The molecular weight excluding hydrogens is 903 g/mol. The van der Waals surface area contributed by atoms with Gasteiger partial charge in [0.15, 0.2) is 5.79 Å². The van der Waals surface area contributed by atoms with Crippen LogP contribution in [0.1, 0.15) is 27.7 Å². The van der Waals surface area contributed by atoms with Gasteiger partial charge in [0.1, 0.15) is 51.7 Å². The molecule has 0 aliphatic carbocycles. The zero-order chi connectivity index (χ0) is 38.9. The van der Waals surface area contributed by atoms with Gasteiger partial charge in [-0.15, -0.1) is 15.1 Å². The van der Waals surface area contributed by atoms with E-state index in [0.29, 0.717) is 20.5 Å². The molecular formula is C33H28Na4O14P2S4. The van der Waals surface area contributed by atoms with Gasteiger partial charge in [-0.1, -0.05) is 0 Å². The van der Waals surface area contributed by atoms with Crippen LogP contribution in [0, 0.1) is 0 Å². The molecule has 2 atom stereocenters. The Bertz CT molecular complexity index is 2660. The molecule has 1 fully saturated rings. The van der Waals surface area contributed by atoms with Gasteiger partial charge < -0.3 is 27.7 Å². The molecule has 2 aromatic heterocycles. The SMILES string of the molecule is CC1(C)O[C@](C)(Cp2c3ccc(S(=O)(=O)[O-])cc3c3cc(S(=O)(=O)[O-])ccc32)[C@@](C)(Cp2c3ccc(S(=O)(=O)[O-])cc3c3cc(S(=O)(=O)[O-])ccc32)O1.[Na+].[Na+].[Na+].[Na+]. The van der Waals surface area contributed by atoms with Crippen LogP contribution in [0.2, 0.25) is 0 Å². The van der Waals surface area contributed by atoms with Crippen molar-refractivity contribution in [2.75, 3.05) is 0 Å². The molecule has 24 heteroatoms. The van der Waals surface area contributed by atoms with Gasteiger partial charge in [-0.25, -0.2) is 33.7 Å². The molecule has 0 bridgehead atoms. The first-order valence-corrected chi connectivity index (χ1v) is 24.3. The second-order valence-corrected chi connectivity index (χ2v) is 23.6. The van der Waals surface area contributed by atoms with Gasteiger partial charge >= 0.3 is 118 Å². The molecule has 0 unspecified atom stereocenters. The van der Waals surface area contributed by atoms with Crippen molar-refractivity contribution in [2.45, 2.75) is 76.6 Å². The zero-order valence-electron chi connectivity index (χ0n) is 32.1. The first kappa shape index (κ1) is 52.4. The van der Waals surface area contributed by atoms with Gasteiger partial charge in [0.2, 0.25) is 0 Å². The van der Waals surface area contributed by atoms with E-state index in [0.717, 1.165) is 0 Å². The molecule has 4 aromatic carbocycles. The van der Waals surface area contributed by atoms with Crippen LogP contribution in [0.25, 0.3) is 42.0 Å². The summed E-state index contributed by atoms with van der Waals surface area (Å²) in [5.74, 6) is -1.17. The van der Waals surface area contributed by atoms with Crippen molar-refractivity contribution in [3.63, 3.8) is 0 Å². The second-order valence-electron chi connectivity index (χ2n) is 13.8. The van der Waals surface area contributed by atoms with Crippen LogP contribution >= 0.6 is 15.1 Å². The summed E-state index contributed by atoms with van der Waals surface area (Å²) in [5.41, 5.74) is -2.31. The minimum absolute atomic E-state index is 0. The van der Waals surface area contributed by atoms with Gasteiger partial charge in [0.25, 0.3) is 0 Å². The molecule has 0 N–H and O–H groups in total. The molecule has 1 saturated heterocycles. The van der Waals surface area contributed by atoms with Gasteiger partial charge in [0.05, 0.1) is 19.6 Å². The summed E-state index contributed by atoms with van der Waals surface area (Å²) in [4.78, 5) is -2.13. The largest absolute Gasteiger partial charge is 1.00 e. The van der Waals surface area contributed by atoms with Crippen molar-refractivity contribution in [3.05, 3.63) is 72.8 Å². The fraction of sp³-hybridized carbons (Fsp3) is 0.273. The van der Waals surface area contributed by atoms with Crippen LogP contribution in [-0.4, -0.2) is 68.9 Å². The number of benzene rings is 4. The molecule has 1 aliphatic heterocycles. The molecule has 7 rings (SSSR count). The van der Waals surface area contributed by atoms with E-state index in [4.69, 9.17) is 9.47 Å². The average Bonchev–Trinajstić information content (AvgIpc) is 3.56. The van der Waals surface area contributed by atoms with Gasteiger partial charge in [-0.3, -0.25) is 0 Å². The maximum absolute atomic E-state index is 12.0. The predicted molar refractivity (Wildman–Crippen MR) is 193 cm³/mol. The number of ether oxygens (including phenoxy) is 2. The molecule has 0 radical (unpaired) electrons. The third-order valence-electron chi connectivity index (χ3n) is 9.75. The average molecular weight is 931 g/mol. The van der Waals surface area contributed by atoms with Gasteiger partial charge in [0, 0.05) is 32.8 Å². The molecule has 282 valence electrons. The standard InChI is InChI=1S/C33H32O14P2S4.4Na/c1-31(2)46-32(3,17-48-27-9-5-19(50(34,35)36)13-23(27)24-14-20(51(37,38)39)6-10-28(24)48)33(4,47-31)18-49-29-11-7-21(52(40,41)42)15-25(29)26-16-22(53(43,44)45)8-12-30(26)49;;;;/h5-16H,17-18H2,1-4H3,(H,34,35,36)(H,37,38,39)(H,40,41,42)(H,43,44,45);;;;/q;4*+1/p-4/t32-,33-;;;;/m1..../s1. The topological polar surface area (TPSA) is 247 Å². The van der Waals surface area contributed by atoms with Crippen LogP contribution in [-0.2, 0) is 62.3 Å². The van der Waals surface area contributed by atoms with E-state index in [1.807, 2.05) is 13.8 Å². The Labute approximate surface area is 420 Å². The Kier molecular flexibility index (Phi) is 16.1. The summed E-state index contributed by atoms with van der Waals surface area (Å²) in [6, 6.07) is 15.3. The molecule has 3 heterocycles. The summed E-state index contributed by atoms with van der Waals surface area (Å²) >= 11 is 0. The van der Waals surface area contributed by atoms with Crippen LogP contribution in [0.15, 0.2) is 92.4 Å². The third kappa shape index (κ3) is 9.91. The molecule has 14 nitrogen and oxygen atoms in total. The van der Waals surface area contributed by atoms with E-state index in [2.05, 4.69) is 0 Å². The Morgan fingerprint density at radius 2 is 0.649 bits per heavy atom. The summed E-state index contributed by atoms with van der Waals surface area (Å²) in [6.45, 7) is 7.11. The number of fused-ring (bicyclic) bond motifs is 6. The molecule has 0 saturated carbocycles. The van der Waals surface area contributed by atoms with Crippen LogP contribution in [0.4, 0.5) is 0 Å². The second kappa shape index (κ2) is 17.5. The van der Waals surface area contributed by atoms with E-state index in [1.54, 1.807) is 13.8 Å². The van der Waals surface area contributed by atoms with Crippen molar-refractivity contribution in [1.82, 2.24) is 0 Å². The van der Waals surface area contributed by atoms with E-state index in [-0.39, 0.29) is 152 Å². The number of hydrogen-bond donors (Lipinski definition) is 0. The van der Waals surface area contributed by atoms with Crippen molar-refractivity contribution >= 4 is 97.6 Å². The van der Waals surface area contributed by atoms with Crippen LogP contribution in [0.3, 0.4) is 0 Å². The first-order valence-electron chi connectivity index (χ1n) is 15.6. The quantitative estimate of drug-likeness (QED) is 0.102. The van der Waals surface area contributed by atoms with Crippen molar-refractivity contribution in [2.24, 2.45) is 0 Å². The Balaban J connectivity index is 0.00000218. The van der Waals surface area contributed by atoms with Gasteiger partial charge in [-0.05, 0) is 122 Å². The molecule has 0 spiro atoms. The molecule has 0 amide bonds. The monoisotopic (exact) mass is 930 g/mol. The van der Waals surface area contributed by atoms with Gasteiger partial charge in [-0.2, -0.15) is 0 Å². The predicted octanol–water partition coefficient (Wildman–Crippen LogP) is -6.09. The fourth-order valence-corrected chi connectivity index (χ4v) is 15.5. The zero-order valence-corrected chi connectivity index (χ0v) is 45.1. The maximum Gasteiger partial charge on any atom is 1.00 e. The molecule has 6 aromatic rings. The van der Waals surface area contributed by atoms with E-state index in [9.17, 15) is 51.9 Å². The van der Waals surface area contributed by atoms with Crippen LogP contribution in [0.5, 0.6) is 0 Å². The fourth-order valence-electron chi connectivity index (χ4n) is 7.41. The minimum atomic E-state index is -4.90. The normalized spacial score (nSPS) is 19.9. The van der Waals surface area contributed by atoms with E-state index >= 15 is 0 Å². The van der Waals surface area contributed by atoms with Crippen molar-refractivity contribution in [1.29, 1.82) is 0 Å². The summed E-state index contributed by atoms with van der Waals surface area (Å²) in [7, 11) is -22.6. The molecule has 57 heavy (non-hydrogen) atoms. The van der Waals surface area contributed by atoms with E-state index < -0.39 is 92.1 Å². The van der Waals surface area contributed by atoms with Crippen molar-refractivity contribution in [3.8, 4) is 0 Å². The maximum atomic E-state index is 12.0. The third-order valence-corrected chi connectivity index (χ3v) is 18.8. The van der Waals surface area contributed by atoms with Crippen molar-refractivity contribution < 1.29 is 180 Å².